The quantitative estimate of drug-likeness (QED) is 0.504. The number of carbonyl (C=O) groups excluding carboxylic acids is 1. The van der Waals surface area contributed by atoms with Crippen LogP contribution in [0.5, 0.6) is 5.75 Å². The second-order valence-corrected chi connectivity index (χ2v) is 4.65. The third-order valence-corrected chi connectivity index (χ3v) is 3.30. The number of hydrogen-bond donors (Lipinski definition) is 1. The summed E-state index contributed by atoms with van der Waals surface area (Å²) in [6.45, 7) is 6.14. The molecule has 0 saturated carbocycles. The van der Waals surface area contributed by atoms with Crippen LogP contribution >= 0.6 is 0 Å². The molecule has 4 nitrogen and oxygen atoms in total. The molecular weight excluding hydrogens is 228 g/mol. The average molecular weight is 250 g/mol. The van der Waals surface area contributed by atoms with E-state index >= 15 is 0 Å². The average Bonchev–Trinajstić information content (AvgIpc) is 2.31. The third kappa shape index (κ3) is 3.01. The Balaban J connectivity index is 3.01. The maximum Gasteiger partial charge on any atom is 0.236 e. The summed E-state index contributed by atoms with van der Waals surface area (Å²) in [5.41, 5.74) is 4.58. The molecule has 2 N–H and O–H groups in total. The summed E-state index contributed by atoms with van der Waals surface area (Å²) in [4.78, 5) is 11.5. The molecule has 1 amide bonds. The number of hydrogen-bond acceptors (Lipinski definition) is 3. The summed E-state index contributed by atoms with van der Waals surface area (Å²) in [6.07, 6.45) is 1.04. The number of ether oxygens (including phenoxy) is 1. The number of benzene rings is 1. The molecule has 0 atom stereocenters. The molecule has 0 heterocycles. The lowest BCUT2D eigenvalue weighted by Gasteiger charge is -2.17. The molecule has 0 fully saturated rings. The summed E-state index contributed by atoms with van der Waals surface area (Å²) in [6, 6.07) is 2.13. The molecule has 100 valence electrons. The monoisotopic (exact) mass is 250 g/mol. The van der Waals surface area contributed by atoms with E-state index in [1.807, 2.05) is 13.8 Å². The van der Waals surface area contributed by atoms with Crippen molar-refractivity contribution in [1.29, 1.82) is 0 Å². The molecule has 0 aromatic heterocycles. The summed E-state index contributed by atoms with van der Waals surface area (Å²) < 4.78 is 5.47. The van der Waals surface area contributed by atoms with Crippen LogP contribution in [-0.2, 0) is 11.2 Å². The highest BCUT2D eigenvalue weighted by atomic mass is 16.5. The smallest absolute Gasteiger partial charge is 0.236 e. The topological polar surface area (TPSA) is 55.6 Å². The van der Waals surface area contributed by atoms with Gasteiger partial charge >= 0.3 is 0 Å². The van der Waals surface area contributed by atoms with Crippen molar-refractivity contribution in [1.82, 2.24) is 5.01 Å². The van der Waals surface area contributed by atoms with Crippen LogP contribution in [0.25, 0.3) is 0 Å². The SMILES string of the molecule is COc1c(C)c(C)cc(C)c1CCC(=O)N(C)N. The highest BCUT2D eigenvalue weighted by Crippen LogP contribution is 2.30. The molecule has 0 aliphatic heterocycles. The molecule has 0 spiro atoms. The maximum atomic E-state index is 11.5. The third-order valence-electron chi connectivity index (χ3n) is 3.30. The van der Waals surface area contributed by atoms with Crippen LogP contribution in [0.4, 0.5) is 0 Å². The zero-order valence-electron chi connectivity index (χ0n) is 11.8. The number of nitrogens with zero attached hydrogens (tertiary/aromatic N) is 1. The van der Waals surface area contributed by atoms with Crippen molar-refractivity contribution in [3.63, 3.8) is 0 Å². The second-order valence-electron chi connectivity index (χ2n) is 4.65. The van der Waals surface area contributed by atoms with Gasteiger partial charge in [0, 0.05) is 13.5 Å². The summed E-state index contributed by atoms with van der Waals surface area (Å²) in [5.74, 6) is 6.23. The van der Waals surface area contributed by atoms with E-state index < -0.39 is 0 Å². The minimum atomic E-state index is -0.0744. The van der Waals surface area contributed by atoms with Gasteiger partial charge in [-0.15, -0.1) is 0 Å². The minimum absolute atomic E-state index is 0.0744. The first-order valence-electron chi connectivity index (χ1n) is 6.03. The van der Waals surface area contributed by atoms with E-state index in [0.717, 1.165) is 27.4 Å². The Morgan fingerprint density at radius 1 is 1.33 bits per heavy atom. The number of methoxy groups -OCH3 is 1. The van der Waals surface area contributed by atoms with Crippen molar-refractivity contribution in [3.8, 4) is 5.75 Å². The second kappa shape index (κ2) is 5.87. The van der Waals surface area contributed by atoms with Gasteiger partial charge in [-0.25, -0.2) is 5.84 Å². The lowest BCUT2D eigenvalue weighted by Crippen LogP contribution is -2.33. The predicted molar refractivity (Wildman–Crippen MR) is 72.5 cm³/mol. The van der Waals surface area contributed by atoms with Crippen molar-refractivity contribution in [2.45, 2.75) is 33.6 Å². The van der Waals surface area contributed by atoms with Crippen LogP contribution in [0.2, 0.25) is 0 Å². The van der Waals surface area contributed by atoms with E-state index in [1.54, 1.807) is 14.2 Å². The number of nitrogens with two attached hydrogens (primary N) is 1. The van der Waals surface area contributed by atoms with Crippen molar-refractivity contribution >= 4 is 5.91 Å². The largest absolute Gasteiger partial charge is 0.496 e. The van der Waals surface area contributed by atoms with E-state index in [-0.39, 0.29) is 5.91 Å². The van der Waals surface area contributed by atoms with Gasteiger partial charge in [0.05, 0.1) is 7.11 Å². The van der Waals surface area contributed by atoms with Gasteiger partial charge in [-0.2, -0.15) is 0 Å². The summed E-state index contributed by atoms with van der Waals surface area (Å²) >= 11 is 0. The van der Waals surface area contributed by atoms with Gasteiger partial charge in [0.1, 0.15) is 5.75 Å². The first kappa shape index (κ1) is 14.5. The molecule has 1 aromatic carbocycles. The Morgan fingerprint density at radius 3 is 2.44 bits per heavy atom. The maximum absolute atomic E-state index is 11.5. The zero-order valence-corrected chi connectivity index (χ0v) is 11.8. The first-order valence-corrected chi connectivity index (χ1v) is 6.03. The molecule has 0 unspecified atom stereocenters. The molecule has 0 aliphatic rings. The fourth-order valence-electron chi connectivity index (χ4n) is 2.10. The molecule has 1 aromatic rings. The number of aryl methyl sites for hydroxylation is 2. The number of amides is 1. The Kier molecular flexibility index (Phi) is 4.73. The summed E-state index contributed by atoms with van der Waals surface area (Å²) in [7, 11) is 3.23. The number of rotatable bonds is 4. The predicted octanol–water partition coefficient (Wildman–Crippen LogP) is 1.89. The highest BCUT2D eigenvalue weighted by molar-refractivity contribution is 5.75. The van der Waals surface area contributed by atoms with E-state index in [4.69, 9.17) is 10.6 Å². The van der Waals surface area contributed by atoms with Crippen LogP contribution in [0, 0.1) is 20.8 Å². The van der Waals surface area contributed by atoms with E-state index in [9.17, 15) is 4.79 Å². The number of hydrazine groups is 1. The standard InChI is InChI=1S/C14H22N2O2/c1-9-8-10(2)12(14(18-5)11(9)3)6-7-13(17)16(4)15/h8H,6-7,15H2,1-5H3. The molecule has 0 radical (unpaired) electrons. The van der Waals surface area contributed by atoms with Crippen LogP contribution in [-0.4, -0.2) is 25.1 Å². The highest BCUT2D eigenvalue weighted by Gasteiger charge is 2.14. The first-order chi connectivity index (χ1) is 8.38. The molecule has 18 heavy (non-hydrogen) atoms. The summed E-state index contributed by atoms with van der Waals surface area (Å²) in [5, 5.41) is 1.13. The zero-order chi connectivity index (χ0) is 13.9. The molecule has 0 saturated heterocycles. The Bertz CT molecular complexity index is 454. The number of carbonyl (C=O) groups is 1. The fraction of sp³-hybridized carbons (Fsp3) is 0.500. The van der Waals surface area contributed by atoms with Crippen LogP contribution in [0.3, 0.4) is 0 Å². The van der Waals surface area contributed by atoms with Crippen LogP contribution in [0.1, 0.15) is 28.7 Å². The van der Waals surface area contributed by atoms with Gasteiger partial charge in [0.2, 0.25) is 5.91 Å². The van der Waals surface area contributed by atoms with Crippen molar-refractivity contribution < 1.29 is 9.53 Å². The van der Waals surface area contributed by atoms with E-state index in [1.165, 1.54) is 5.56 Å². The Hall–Kier alpha value is -1.55. The Labute approximate surface area is 109 Å². The van der Waals surface area contributed by atoms with Gasteiger partial charge in [-0.05, 0) is 49.4 Å². The molecule has 0 bridgehead atoms. The van der Waals surface area contributed by atoms with Crippen molar-refractivity contribution in [2.75, 3.05) is 14.2 Å². The van der Waals surface area contributed by atoms with Crippen molar-refractivity contribution in [3.05, 3.63) is 28.3 Å². The van der Waals surface area contributed by atoms with Gasteiger partial charge in [0.15, 0.2) is 0 Å². The van der Waals surface area contributed by atoms with Crippen molar-refractivity contribution in [2.24, 2.45) is 5.84 Å². The molecular formula is C14H22N2O2. The Morgan fingerprint density at radius 2 is 1.94 bits per heavy atom. The van der Waals surface area contributed by atoms with Gasteiger partial charge in [-0.1, -0.05) is 6.07 Å². The minimum Gasteiger partial charge on any atom is -0.496 e. The van der Waals surface area contributed by atoms with Gasteiger partial charge in [-0.3, -0.25) is 9.80 Å². The molecule has 1 rings (SSSR count). The lowest BCUT2D eigenvalue weighted by molar-refractivity contribution is -0.130. The van der Waals surface area contributed by atoms with Gasteiger partial charge < -0.3 is 4.74 Å². The van der Waals surface area contributed by atoms with Crippen LogP contribution in [0.15, 0.2) is 6.07 Å². The van der Waals surface area contributed by atoms with Gasteiger partial charge in [0.25, 0.3) is 0 Å². The van der Waals surface area contributed by atoms with E-state index in [2.05, 4.69) is 13.0 Å². The lowest BCUT2D eigenvalue weighted by atomic mass is 9.96. The van der Waals surface area contributed by atoms with E-state index in [0.29, 0.717) is 12.8 Å². The van der Waals surface area contributed by atoms with Crippen LogP contribution < -0.4 is 10.6 Å². The molecule has 4 heteroatoms. The normalized spacial score (nSPS) is 10.3. The fourth-order valence-corrected chi connectivity index (χ4v) is 2.10. The molecule has 0 aliphatic carbocycles.